The zero-order valence-electron chi connectivity index (χ0n) is 9.88. The van der Waals surface area contributed by atoms with Crippen molar-refractivity contribution in [3.8, 4) is 11.5 Å². The van der Waals surface area contributed by atoms with Crippen LogP contribution in [0.25, 0.3) is 0 Å². The molecule has 3 nitrogen and oxygen atoms in total. The van der Waals surface area contributed by atoms with Crippen LogP contribution >= 0.6 is 15.9 Å². The summed E-state index contributed by atoms with van der Waals surface area (Å²) in [6, 6.07) is 4.18. The van der Waals surface area contributed by atoms with Crippen LogP contribution in [-0.4, -0.2) is 19.8 Å². The fourth-order valence-electron chi connectivity index (χ4n) is 2.66. The van der Waals surface area contributed by atoms with Crippen molar-refractivity contribution in [1.82, 2.24) is 5.32 Å². The first kappa shape index (κ1) is 11.4. The first-order chi connectivity index (χ1) is 8.21. The van der Waals surface area contributed by atoms with Gasteiger partial charge in [-0.2, -0.15) is 0 Å². The molecular weight excluding hydrogens is 282 g/mol. The number of hydrogen-bond donors (Lipinski definition) is 1. The molecule has 0 amide bonds. The highest BCUT2D eigenvalue weighted by molar-refractivity contribution is 9.10. The molecule has 2 aliphatic heterocycles. The van der Waals surface area contributed by atoms with Gasteiger partial charge in [0, 0.05) is 11.1 Å². The topological polar surface area (TPSA) is 30.5 Å². The van der Waals surface area contributed by atoms with E-state index in [0.717, 1.165) is 28.9 Å². The number of halogens is 1. The molecule has 1 fully saturated rings. The lowest BCUT2D eigenvalue weighted by Crippen LogP contribution is -2.34. The lowest BCUT2D eigenvalue weighted by atomic mass is 9.89. The summed E-state index contributed by atoms with van der Waals surface area (Å²) in [5.41, 5.74) is 1.23. The monoisotopic (exact) mass is 297 g/mol. The van der Waals surface area contributed by atoms with Gasteiger partial charge in [-0.3, -0.25) is 0 Å². The molecule has 1 atom stereocenters. The van der Waals surface area contributed by atoms with E-state index in [2.05, 4.69) is 34.2 Å². The molecule has 0 aromatic heterocycles. The summed E-state index contributed by atoms with van der Waals surface area (Å²) in [4.78, 5) is 0. The lowest BCUT2D eigenvalue weighted by Gasteiger charge is -2.30. The molecule has 0 spiro atoms. The lowest BCUT2D eigenvalue weighted by molar-refractivity contribution is 0.165. The Kier molecular flexibility index (Phi) is 2.79. The Bertz CT molecular complexity index is 441. The van der Waals surface area contributed by atoms with E-state index < -0.39 is 0 Å². The third-order valence-electron chi connectivity index (χ3n) is 3.60. The van der Waals surface area contributed by atoms with E-state index in [9.17, 15) is 0 Å². The maximum atomic E-state index is 5.82. The van der Waals surface area contributed by atoms with Crippen LogP contribution in [0.2, 0.25) is 0 Å². The minimum absolute atomic E-state index is 0.0193. The quantitative estimate of drug-likeness (QED) is 0.865. The normalized spacial score (nSPS) is 27.2. The Morgan fingerprint density at radius 1 is 1.24 bits per heavy atom. The van der Waals surface area contributed by atoms with Crippen LogP contribution in [0.3, 0.4) is 0 Å². The summed E-state index contributed by atoms with van der Waals surface area (Å²) in [5.74, 6) is 1.76. The van der Waals surface area contributed by atoms with Crippen LogP contribution in [-0.2, 0) is 5.54 Å². The average Bonchev–Trinajstić information content (AvgIpc) is 2.78. The minimum atomic E-state index is 0.0193. The van der Waals surface area contributed by atoms with Crippen LogP contribution in [0.4, 0.5) is 0 Å². The van der Waals surface area contributed by atoms with Crippen molar-refractivity contribution in [3.05, 3.63) is 22.2 Å². The number of fused-ring (bicyclic) bond motifs is 1. The molecule has 1 aromatic carbocycles. The highest BCUT2D eigenvalue weighted by atomic mass is 79.9. The van der Waals surface area contributed by atoms with Gasteiger partial charge in [0.15, 0.2) is 11.5 Å². The van der Waals surface area contributed by atoms with Crippen LogP contribution in [0.15, 0.2) is 16.6 Å². The van der Waals surface area contributed by atoms with Crippen molar-refractivity contribution in [1.29, 1.82) is 0 Å². The van der Waals surface area contributed by atoms with E-state index in [-0.39, 0.29) is 5.54 Å². The first-order valence-corrected chi connectivity index (χ1v) is 6.84. The molecule has 0 bridgehead atoms. The van der Waals surface area contributed by atoms with Gasteiger partial charge < -0.3 is 14.8 Å². The van der Waals surface area contributed by atoms with Crippen molar-refractivity contribution in [2.75, 3.05) is 19.8 Å². The predicted octanol–water partition coefficient (Wildman–Crippen LogP) is 2.82. The average molecular weight is 298 g/mol. The molecule has 0 radical (unpaired) electrons. The fourth-order valence-corrected chi connectivity index (χ4v) is 3.09. The molecule has 1 N–H and O–H groups in total. The Morgan fingerprint density at radius 3 is 2.71 bits per heavy atom. The Balaban J connectivity index is 2.11. The SMILES string of the molecule is CC1(c2ccc(Br)c3c2OCCO3)CCCN1. The smallest absolute Gasteiger partial charge is 0.175 e. The standard InChI is InChI=1S/C13H16BrNO2/c1-13(5-2-6-15-13)9-3-4-10(14)12-11(9)16-7-8-17-12/h3-4,15H,2,5-8H2,1H3. The minimum Gasteiger partial charge on any atom is -0.486 e. The summed E-state index contributed by atoms with van der Waals surface area (Å²) in [5, 5.41) is 3.57. The summed E-state index contributed by atoms with van der Waals surface area (Å²) in [6.45, 7) is 4.56. The van der Waals surface area contributed by atoms with Crippen LogP contribution in [0.5, 0.6) is 11.5 Å². The van der Waals surface area contributed by atoms with Gasteiger partial charge in [-0.15, -0.1) is 0 Å². The van der Waals surface area contributed by atoms with E-state index >= 15 is 0 Å². The molecule has 2 heterocycles. The van der Waals surface area contributed by atoms with E-state index in [1.54, 1.807) is 0 Å². The van der Waals surface area contributed by atoms with Crippen LogP contribution < -0.4 is 14.8 Å². The number of nitrogens with one attached hydrogen (secondary N) is 1. The summed E-state index contributed by atoms with van der Waals surface area (Å²) >= 11 is 3.52. The van der Waals surface area contributed by atoms with Gasteiger partial charge >= 0.3 is 0 Å². The number of hydrogen-bond acceptors (Lipinski definition) is 3. The van der Waals surface area contributed by atoms with Crippen molar-refractivity contribution in [3.63, 3.8) is 0 Å². The Labute approximate surface area is 110 Å². The highest BCUT2D eigenvalue weighted by Crippen LogP contribution is 2.46. The Morgan fingerprint density at radius 2 is 2.00 bits per heavy atom. The summed E-state index contributed by atoms with van der Waals surface area (Å²) in [7, 11) is 0. The number of benzene rings is 1. The van der Waals surface area contributed by atoms with Crippen molar-refractivity contribution in [2.24, 2.45) is 0 Å². The largest absolute Gasteiger partial charge is 0.486 e. The fraction of sp³-hybridized carbons (Fsp3) is 0.538. The molecule has 1 aromatic rings. The van der Waals surface area contributed by atoms with Crippen molar-refractivity contribution < 1.29 is 9.47 Å². The van der Waals surface area contributed by atoms with E-state index in [1.807, 2.05) is 6.07 Å². The summed E-state index contributed by atoms with van der Waals surface area (Å²) in [6.07, 6.45) is 2.35. The molecule has 92 valence electrons. The van der Waals surface area contributed by atoms with Gasteiger partial charge in [0.05, 0.1) is 4.47 Å². The van der Waals surface area contributed by atoms with Gasteiger partial charge in [-0.25, -0.2) is 0 Å². The second kappa shape index (κ2) is 4.18. The number of rotatable bonds is 1. The third kappa shape index (κ3) is 1.83. The van der Waals surface area contributed by atoms with E-state index in [4.69, 9.17) is 9.47 Å². The molecule has 2 aliphatic rings. The van der Waals surface area contributed by atoms with Gasteiger partial charge in [0.2, 0.25) is 0 Å². The predicted molar refractivity (Wildman–Crippen MR) is 69.7 cm³/mol. The Hall–Kier alpha value is -0.740. The maximum absolute atomic E-state index is 5.82. The van der Waals surface area contributed by atoms with E-state index in [1.165, 1.54) is 12.0 Å². The highest BCUT2D eigenvalue weighted by Gasteiger charge is 2.35. The van der Waals surface area contributed by atoms with Gasteiger partial charge in [0.25, 0.3) is 0 Å². The molecular formula is C13H16BrNO2. The molecule has 1 saturated heterocycles. The first-order valence-electron chi connectivity index (χ1n) is 6.04. The zero-order chi connectivity index (χ0) is 11.9. The van der Waals surface area contributed by atoms with Gasteiger partial charge in [-0.05, 0) is 48.3 Å². The second-order valence-corrected chi connectivity index (χ2v) is 5.67. The molecule has 0 aliphatic carbocycles. The van der Waals surface area contributed by atoms with Crippen LogP contribution in [0, 0.1) is 0 Å². The van der Waals surface area contributed by atoms with Gasteiger partial charge in [0.1, 0.15) is 13.2 Å². The third-order valence-corrected chi connectivity index (χ3v) is 4.23. The van der Waals surface area contributed by atoms with Crippen molar-refractivity contribution in [2.45, 2.75) is 25.3 Å². The van der Waals surface area contributed by atoms with Gasteiger partial charge in [-0.1, -0.05) is 6.07 Å². The molecule has 4 heteroatoms. The molecule has 0 saturated carbocycles. The molecule has 3 rings (SSSR count). The second-order valence-electron chi connectivity index (χ2n) is 4.81. The zero-order valence-corrected chi connectivity index (χ0v) is 11.5. The molecule has 17 heavy (non-hydrogen) atoms. The van der Waals surface area contributed by atoms with Crippen LogP contribution in [0.1, 0.15) is 25.3 Å². The van der Waals surface area contributed by atoms with Crippen molar-refractivity contribution >= 4 is 15.9 Å². The maximum Gasteiger partial charge on any atom is 0.175 e. The molecule has 1 unspecified atom stereocenters. The van der Waals surface area contributed by atoms with E-state index in [0.29, 0.717) is 13.2 Å². The number of ether oxygens (including phenoxy) is 2. The summed E-state index contributed by atoms with van der Waals surface area (Å²) < 4.78 is 12.5.